The summed E-state index contributed by atoms with van der Waals surface area (Å²) in [5.74, 6) is -0.0611. The Kier molecular flexibility index (Phi) is 4.92. The number of aliphatic hydroxyl groups excluding tert-OH is 1. The van der Waals surface area contributed by atoms with Crippen molar-refractivity contribution in [3.8, 4) is 0 Å². The molecule has 0 bridgehead atoms. The molecule has 0 saturated carbocycles. The number of aliphatic hydroxyl groups is 1. The van der Waals surface area contributed by atoms with Crippen molar-refractivity contribution in [2.24, 2.45) is 0 Å². The van der Waals surface area contributed by atoms with Crippen molar-refractivity contribution in [3.05, 3.63) is 29.6 Å². The Hall–Kier alpha value is -1.42. The maximum Gasteiger partial charge on any atom is 0.272 e. The predicted molar refractivity (Wildman–Crippen MR) is 62.3 cm³/mol. The van der Waals surface area contributed by atoms with Gasteiger partial charge in [-0.2, -0.15) is 0 Å². The highest BCUT2D eigenvalue weighted by Gasteiger charge is 2.16. The zero-order valence-corrected chi connectivity index (χ0v) is 9.81. The summed E-state index contributed by atoms with van der Waals surface area (Å²) in [6.45, 7) is 5.11. The number of carbonyl (C=O) groups excluding carboxylic acids is 1. The normalized spacial score (nSPS) is 10.2. The van der Waals surface area contributed by atoms with Gasteiger partial charge < -0.3 is 10.0 Å². The summed E-state index contributed by atoms with van der Waals surface area (Å²) >= 11 is 0. The largest absolute Gasteiger partial charge is 0.396 e. The number of nitrogens with zero attached hydrogens (tertiary/aromatic N) is 2. The van der Waals surface area contributed by atoms with E-state index < -0.39 is 0 Å². The van der Waals surface area contributed by atoms with E-state index in [4.69, 9.17) is 5.11 Å². The van der Waals surface area contributed by atoms with Crippen LogP contribution in [0.5, 0.6) is 0 Å². The van der Waals surface area contributed by atoms with Gasteiger partial charge in [0.15, 0.2) is 0 Å². The van der Waals surface area contributed by atoms with Crippen LogP contribution in [0.4, 0.5) is 0 Å². The van der Waals surface area contributed by atoms with Gasteiger partial charge in [-0.1, -0.05) is 6.07 Å². The van der Waals surface area contributed by atoms with E-state index in [0.29, 0.717) is 25.2 Å². The van der Waals surface area contributed by atoms with Crippen LogP contribution in [0.25, 0.3) is 0 Å². The molecule has 0 spiro atoms. The molecule has 0 atom stereocenters. The van der Waals surface area contributed by atoms with E-state index in [9.17, 15) is 4.79 Å². The number of aromatic nitrogens is 1. The Bertz CT molecular complexity index is 353. The molecular formula is C12H18N2O2. The van der Waals surface area contributed by atoms with E-state index in [2.05, 4.69) is 4.98 Å². The summed E-state index contributed by atoms with van der Waals surface area (Å²) in [5.41, 5.74) is 1.39. The van der Waals surface area contributed by atoms with E-state index in [1.807, 2.05) is 26.0 Å². The molecule has 0 aliphatic carbocycles. The van der Waals surface area contributed by atoms with E-state index >= 15 is 0 Å². The SMILES string of the molecule is CCN(CCCO)C(=O)c1ncccc1C. The first kappa shape index (κ1) is 12.6. The highest BCUT2D eigenvalue weighted by molar-refractivity contribution is 5.93. The summed E-state index contributed by atoms with van der Waals surface area (Å²) in [6.07, 6.45) is 2.23. The standard InChI is InChI=1S/C12H18N2O2/c1-3-14(8-5-9-15)12(16)11-10(2)6-4-7-13-11/h4,6-7,15H,3,5,8-9H2,1-2H3. The van der Waals surface area contributed by atoms with Crippen LogP contribution in [0.15, 0.2) is 18.3 Å². The molecule has 16 heavy (non-hydrogen) atoms. The van der Waals surface area contributed by atoms with Gasteiger partial charge in [-0.15, -0.1) is 0 Å². The molecule has 1 amide bonds. The van der Waals surface area contributed by atoms with E-state index in [1.165, 1.54) is 0 Å². The molecule has 0 unspecified atom stereocenters. The fourth-order valence-electron chi connectivity index (χ4n) is 1.52. The van der Waals surface area contributed by atoms with Crippen molar-refractivity contribution in [1.29, 1.82) is 0 Å². The molecule has 1 rings (SSSR count). The van der Waals surface area contributed by atoms with Gasteiger partial charge in [0, 0.05) is 25.9 Å². The third kappa shape index (κ3) is 3.03. The Morgan fingerprint density at radius 2 is 2.31 bits per heavy atom. The minimum absolute atomic E-state index is 0.0611. The van der Waals surface area contributed by atoms with Gasteiger partial charge in [-0.25, -0.2) is 0 Å². The number of hydrogen-bond acceptors (Lipinski definition) is 3. The molecular weight excluding hydrogens is 204 g/mol. The van der Waals surface area contributed by atoms with Crippen molar-refractivity contribution in [3.63, 3.8) is 0 Å². The first-order chi connectivity index (χ1) is 7.70. The number of aryl methyl sites for hydroxylation is 1. The first-order valence-corrected chi connectivity index (χ1v) is 5.52. The van der Waals surface area contributed by atoms with Crippen LogP contribution >= 0.6 is 0 Å². The molecule has 1 aromatic heterocycles. The lowest BCUT2D eigenvalue weighted by Crippen LogP contribution is -2.33. The number of rotatable bonds is 5. The molecule has 4 nitrogen and oxygen atoms in total. The third-order valence-corrected chi connectivity index (χ3v) is 2.47. The van der Waals surface area contributed by atoms with Crippen LogP contribution in [0.3, 0.4) is 0 Å². The zero-order valence-electron chi connectivity index (χ0n) is 9.81. The van der Waals surface area contributed by atoms with Gasteiger partial charge in [0.05, 0.1) is 0 Å². The van der Waals surface area contributed by atoms with E-state index in [-0.39, 0.29) is 12.5 Å². The predicted octanol–water partition coefficient (Wildman–Crippen LogP) is 1.23. The van der Waals surface area contributed by atoms with Crippen LogP contribution < -0.4 is 0 Å². The van der Waals surface area contributed by atoms with Gasteiger partial charge in [-0.3, -0.25) is 9.78 Å². The third-order valence-electron chi connectivity index (χ3n) is 2.47. The highest BCUT2D eigenvalue weighted by atomic mass is 16.3. The number of pyridine rings is 1. The van der Waals surface area contributed by atoms with Crippen LogP contribution in [0.2, 0.25) is 0 Å². The fourth-order valence-corrected chi connectivity index (χ4v) is 1.52. The van der Waals surface area contributed by atoms with Crippen molar-refractivity contribution >= 4 is 5.91 Å². The molecule has 88 valence electrons. The van der Waals surface area contributed by atoms with Crippen LogP contribution in [0, 0.1) is 6.92 Å². The fraction of sp³-hybridized carbons (Fsp3) is 0.500. The topological polar surface area (TPSA) is 53.4 Å². The van der Waals surface area contributed by atoms with Crippen molar-refractivity contribution in [2.45, 2.75) is 20.3 Å². The molecule has 0 radical (unpaired) electrons. The second-order valence-electron chi connectivity index (χ2n) is 3.63. The van der Waals surface area contributed by atoms with Gasteiger partial charge in [0.2, 0.25) is 0 Å². The lowest BCUT2D eigenvalue weighted by atomic mass is 10.2. The Labute approximate surface area is 95.9 Å². The smallest absolute Gasteiger partial charge is 0.272 e. The lowest BCUT2D eigenvalue weighted by molar-refractivity contribution is 0.0747. The van der Waals surface area contributed by atoms with Crippen molar-refractivity contribution in [1.82, 2.24) is 9.88 Å². The van der Waals surface area contributed by atoms with Crippen molar-refractivity contribution < 1.29 is 9.90 Å². The number of carbonyl (C=O) groups is 1. The summed E-state index contributed by atoms with van der Waals surface area (Å²) in [4.78, 5) is 17.9. The average molecular weight is 222 g/mol. The maximum absolute atomic E-state index is 12.1. The van der Waals surface area contributed by atoms with Gasteiger partial charge in [0.1, 0.15) is 5.69 Å². The summed E-state index contributed by atoms with van der Waals surface area (Å²) in [6, 6.07) is 3.69. The Morgan fingerprint density at radius 1 is 1.56 bits per heavy atom. The van der Waals surface area contributed by atoms with Gasteiger partial charge in [-0.05, 0) is 31.9 Å². The highest BCUT2D eigenvalue weighted by Crippen LogP contribution is 2.07. The minimum Gasteiger partial charge on any atom is -0.396 e. The van der Waals surface area contributed by atoms with E-state index in [1.54, 1.807) is 11.1 Å². The van der Waals surface area contributed by atoms with Gasteiger partial charge in [0.25, 0.3) is 5.91 Å². The molecule has 0 saturated heterocycles. The average Bonchev–Trinajstić information content (AvgIpc) is 2.30. The van der Waals surface area contributed by atoms with Gasteiger partial charge >= 0.3 is 0 Å². The van der Waals surface area contributed by atoms with E-state index in [0.717, 1.165) is 5.56 Å². The van der Waals surface area contributed by atoms with Crippen LogP contribution in [-0.2, 0) is 0 Å². The first-order valence-electron chi connectivity index (χ1n) is 5.52. The number of hydrogen-bond donors (Lipinski definition) is 1. The van der Waals surface area contributed by atoms with Crippen LogP contribution in [-0.4, -0.2) is 40.6 Å². The molecule has 0 aliphatic rings. The molecule has 0 fully saturated rings. The van der Waals surface area contributed by atoms with Crippen molar-refractivity contribution in [2.75, 3.05) is 19.7 Å². The minimum atomic E-state index is -0.0611. The monoisotopic (exact) mass is 222 g/mol. The zero-order chi connectivity index (χ0) is 12.0. The molecule has 0 aliphatic heterocycles. The number of amides is 1. The molecule has 4 heteroatoms. The Morgan fingerprint density at radius 3 is 2.88 bits per heavy atom. The van der Waals surface area contributed by atoms with Crippen LogP contribution in [0.1, 0.15) is 29.4 Å². The molecule has 0 aromatic carbocycles. The summed E-state index contributed by atoms with van der Waals surface area (Å²) in [7, 11) is 0. The quantitative estimate of drug-likeness (QED) is 0.815. The Balaban J connectivity index is 2.79. The second-order valence-corrected chi connectivity index (χ2v) is 3.63. The maximum atomic E-state index is 12.1. The molecule has 1 N–H and O–H groups in total. The summed E-state index contributed by atoms with van der Waals surface area (Å²) in [5, 5.41) is 8.76. The molecule has 1 aromatic rings. The lowest BCUT2D eigenvalue weighted by Gasteiger charge is -2.20. The molecule has 1 heterocycles. The summed E-state index contributed by atoms with van der Waals surface area (Å²) < 4.78 is 0. The second kappa shape index (κ2) is 6.23.